The van der Waals surface area contributed by atoms with E-state index >= 15 is 0 Å². The second-order valence-corrected chi connectivity index (χ2v) is 8.44. The van der Waals surface area contributed by atoms with Crippen LogP contribution in [0.25, 0.3) is 11.0 Å². The smallest absolute Gasteiger partial charge is 0.264 e. The van der Waals surface area contributed by atoms with E-state index in [4.69, 9.17) is 0 Å². The van der Waals surface area contributed by atoms with Crippen molar-refractivity contribution in [3.8, 4) is 0 Å². The van der Waals surface area contributed by atoms with Gasteiger partial charge in [0.1, 0.15) is 11.7 Å². The number of carbonyl (C=O) groups excluding carboxylic acids is 1. The number of nitrogens with one attached hydrogen (secondary N) is 1. The van der Waals surface area contributed by atoms with Crippen molar-refractivity contribution in [2.75, 3.05) is 12.3 Å². The van der Waals surface area contributed by atoms with Crippen molar-refractivity contribution in [3.63, 3.8) is 0 Å². The Morgan fingerprint density at radius 1 is 1.13 bits per heavy atom. The molecule has 0 spiro atoms. The first kappa shape index (κ1) is 21.2. The summed E-state index contributed by atoms with van der Waals surface area (Å²) >= 11 is 4.67. The van der Waals surface area contributed by atoms with Crippen LogP contribution in [-0.2, 0) is 17.9 Å². The third kappa shape index (κ3) is 5.36. The summed E-state index contributed by atoms with van der Waals surface area (Å²) in [6.45, 7) is 1.21. The molecule has 4 aromatic rings. The van der Waals surface area contributed by atoms with Crippen LogP contribution in [-0.4, -0.2) is 47.5 Å². The van der Waals surface area contributed by atoms with Gasteiger partial charge >= 0.3 is 0 Å². The molecule has 0 fully saturated rings. The standard InChI is InChI=1S/C20H18BrN7O2S/c21-15-4-2-14(3-5-15)11-27-13-25-18-16(19(27)30)10-26-28(18)9-8-22-17(29)12-31-20-23-6-1-7-24-20/h1-7,10,13H,8-9,11-12H2,(H,22,29). The predicted octanol–water partition coefficient (Wildman–Crippen LogP) is 2.10. The van der Waals surface area contributed by atoms with Gasteiger partial charge in [-0.25, -0.2) is 19.6 Å². The van der Waals surface area contributed by atoms with Gasteiger partial charge in [-0.1, -0.05) is 39.8 Å². The number of carbonyl (C=O) groups is 1. The van der Waals surface area contributed by atoms with Crippen LogP contribution in [0.2, 0.25) is 0 Å². The Kier molecular flexibility index (Phi) is 6.73. The van der Waals surface area contributed by atoms with Crippen LogP contribution in [0.4, 0.5) is 0 Å². The zero-order valence-electron chi connectivity index (χ0n) is 16.3. The topological polar surface area (TPSA) is 108 Å². The van der Waals surface area contributed by atoms with Crippen LogP contribution in [0.5, 0.6) is 0 Å². The van der Waals surface area contributed by atoms with Crippen molar-refractivity contribution in [2.24, 2.45) is 0 Å². The molecule has 1 aromatic carbocycles. The largest absolute Gasteiger partial charge is 0.354 e. The number of fused-ring (bicyclic) bond motifs is 1. The minimum absolute atomic E-state index is 0.126. The molecule has 0 unspecified atom stereocenters. The average Bonchev–Trinajstić information content (AvgIpc) is 3.20. The highest BCUT2D eigenvalue weighted by Crippen LogP contribution is 2.12. The highest BCUT2D eigenvalue weighted by molar-refractivity contribution is 9.10. The quantitative estimate of drug-likeness (QED) is 0.292. The molecule has 0 saturated carbocycles. The van der Waals surface area contributed by atoms with E-state index in [1.165, 1.54) is 24.3 Å². The van der Waals surface area contributed by atoms with E-state index in [2.05, 4.69) is 41.3 Å². The van der Waals surface area contributed by atoms with Crippen LogP contribution in [0.3, 0.4) is 0 Å². The molecule has 4 rings (SSSR count). The summed E-state index contributed by atoms with van der Waals surface area (Å²) in [4.78, 5) is 37.3. The molecule has 1 N–H and O–H groups in total. The third-order valence-electron chi connectivity index (χ3n) is 4.41. The molecule has 0 aliphatic rings. The molecular formula is C20H18BrN7O2S. The Balaban J connectivity index is 1.35. The zero-order chi connectivity index (χ0) is 21.6. The van der Waals surface area contributed by atoms with Crippen molar-refractivity contribution in [3.05, 3.63) is 75.6 Å². The molecule has 0 aliphatic heterocycles. The van der Waals surface area contributed by atoms with E-state index in [9.17, 15) is 9.59 Å². The van der Waals surface area contributed by atoms with E-state index in [1.807, 2.05) is 24.3 Å². The SMILES string of the molecule is O=C(CSc1ncccn1)NCCn1ncc2c(=O)n(Cc3ccc(Br)cc3)cnc21. The van der Waals surface area contributed by atoms with E-state index in [1.54, 1.807) is 27.7 Å². The molecule has 1 amide bonds. The maximum atomic E-state index is 12.8. The summed E-state index contributed by atoms with van der Waals surface area (Å²) in [6, 6.07) is 9.50. The fourth-order valence-corrected chi connectivity index (χ4v) is 3.80. The predicted molar refractivity (Wildman–Crippen MR) is 121 cm³/mol. The Bertz CT molecular complexity index is 1240. The maximum Gasteiger partial charge on any atom is 0.264 e. The highest BCUT2D eigenvalue weighted by Gasteiger charge is 2.11. The first-order chi connectivity index (χ1) is 15.1. The summed E-state index contributed by atoms with van der Waals surface area (Å²) in [5.74, 6) is 0.0989. The molecule has 0 radical (unpaired) electrons. The van der Waals surface area contributed by atoms with Gasteiger partial charge in [-0.2, -0.15) is 5.10 Å². The van der Waals surface area contributed by atoms with Gasteiger partial charge in [-0.3, -0.25) is 14.2 Å². The number of hydrogen-bond acceptors (Lipinski definition) is 7. The summed E-state index contributed by atoms with van der Waals surface area (Å²) < 4.78 is 4.16. The third-order valence-corrected chi connectivity index (χ3v) is 5.81. The maximum absolute atomic E-state index is 12.8. The average molecular weight is 500 g/mol. The molecule has 11 heteroatoms. The summed E-state index contributed by atoms with van der Waals surface area (Å²) in [5.41, 5.74) is 1.35. The Hall–Kier alpha value is -3.05. The molecule has 0 aliphatic carbocycles. The number of amides is 1. The number of hydrogen-bond donors (Lipinski definition) is 1. The van der Waals surface area contributed by atoms with Gasteiger partial charge in [0.05, 0.1) is 25.0 Å². The van der Waals surface area contributed by atoms with E-state index in [0.717, 1.165) is 10.0 Å². The van der Waals surface area contributed by atoms with Gasteiger partial charge in [0, 0.05) is 23.4 Å². The molecule has 3 aromatic heterocycles. The van der Waals surface area contributed by atoms with Crippen molar-refractivity contribution >= 4 is 44.6 Å². The number of rotatable bonds is 8. The fourth-order valence-electron chi connectivity index (χ4n) is 2.90. The van der Waals surface area contributed by atoms with Crippen molar-refractivity contribution < 1.29 is 4.79 Å². The lowest BCUT2D eigenvalue weighted by atomic mass is 10.2. The van der Waals surface area contributed by atoms with Gasteiger partial charge in [0.15, 0.2) is 10.8 Å². The lowest BCUT2D eigenvalue weighted by molar-refractivity contribution is -0.118. The van der Waals surface area contributed by atoms with Crippen LogP contribution in [0.1, 0.15) is 5.56 Å². The molecule has 158 valence electrons. The van der Waals surface area contributed by atoms with Gasteiger partial charge < -0.3 is 5.32 Å². The van der Waals surface area contributed by atoms with Crippen molar-refractivity contribution in [1.82, 2.24) is 34.6 Å². The molecule has 0 atom stereocenters. The number of thioether (sulfide) groups is 1. The monoisotopic (exact) mass is 499 g/mol. The Morgan fingerprint density at radius 2 is 1.90 bits per heavy atom. The lowest BCUT2D eigenvalue weighted by Gasteiger charge is -2.07. The van der Waals surface area contributed by atoms with E-state index in [0.29, 0.717) is 35.8 Å². The number of aromatic nitrogens is 6. The molecule has 0 saturated heterocycles. The van der Waals surface area contributed by atoms with Crippen LogP contribution >= 0.6 is 27.7 Å². The molecular weight excluding hydrogens is 482 g/mol. The minimum Gasteiger partial charge on any atom is -0.354 e. The van der Waals surface area contributed by atoms with Gasteiger partial charge in [-0.15, -0.1) is 0 Å². The highest BCUT2D eigenvalue weighted by atomic mass is 79.9. The normalized spacial score (nSPS) is 11.0. The van der Waals surface area contributed by atoms with Crippen LogP contribution in [0, 0.1) is 0 Å². The number of halogens is 1. The molecule has 9 nitrogen and oxygen atoms in total. The van der Waals surface area contributed by atoms with E-state index in [-0.39, 0.29) is 17.2 Å². The Morgan fingerprint density at radius 3 is 2.68 bits per heavy atom. The Labute approximate surface area is 190 Å². The van der Waals surface area contributed by atoms with Gasteiger partial charge in [-0.05, 0) is 23.8 Å². The number of benzene rings is 1. The first-order valence-electron chi connectivity index (χ1n) is 9.42. The number of nitrogens with zero attached hydrogens (tertiary/aromatic N) is 6. The summed E-state index contributed by atoms with van der Waals surface area (Å²) in [7, 11) is 0. The second kappa shape index (κ2) is 9.84. The van der Waals surface area contributed by atoms with Gasteiger partial charge in [0.25, 0.3) is 5.56 Å². The summed E-state index contributed by atoms with van der Waals surface area (Å²) in [6.07, 6.45) is 6.32. The fraction of sp³-hybridized carbons (Fsp3) is 0.200. The lowest BCUT2D eigenvalue weighted by Crippen LogP contribution is -2.29. The van der Waals surface area contributed by atoms with E-state index < -0.39 is 0 Å². The second-order valence-electron chi connectivity index (χ2n) is 6.58. The van der Waals surface area contributed by atoms with Crippen molar-refractivity contribution in [2.45, 2.75) is 18.2 Å². The summed E-state index contributed by atoms with van der Waals surface area (Å²) in [5, 5.41) is 8.09. The van der Waals surface area contributed by atoms with Gasteiger partial charge in [0.2, 0.25) is 5.91 Å². The minimum atomic E-state index is -0.150. The molecule has 31 heavy (non-hydrogen) atoms. The zero-order valence-corrected chi connectivity index (χ0v) is 18.7. The van der Waals surface area contributed by atoms with Crippen molar-refractivity contribution in [1.29, 1.82) is 0 Å². The van der Waals surface area contributed by atoms with Crippen LogP contribution < -0.4 is 10.9 Å². The molecule has 3 heterocycles. The molecule has 0 bridgehead atoms. The first-order valence-corrected chi connectivity index (χ1v) is 11.2. The van der Waals surface area contributed by atoms with Crippen LogP contribution in [0.15, 0.2) is 69.7 Å².